The molecule has 4 heteroatoms. The van der Waals surface area contributed by atoms with Crippen molar-refractivity contribution in [3.8, 4) is 0 Å². The van der Waals surface area contributed by atoms with Crippen molar-refractivity contribution >= 4 is 16.9 Å². The van der Waals surface area contributed by atoms with Crippen molar-refractivity contribution < 1.29 is 9.53 Å². The number of benzene rings is 2. The molecule has 4 aliphatic rings. The Morgan fingerprint density at radius 1 is 1.12 bits per heavy atom. The summed E-state index contributed by atoms with van der Waals surface area (Å²) < 4.78 is 6.58. The Morgan fingerprint density at radius 3 is 2.64 bits per heavy atom. The first-order valence-electron chi connectivity index (χ1n) is 12.5. The maximum atomic E-state index is 13.8. The van der Waals surface area contributed by atoms with Crippen LogP contribution in [0.2, 0.25) is 0 Å². The molecule has 1 aromatic heterocycles. The highest BCUT2D eigenvalue weighted by Gasteiger charge is 2.54. The Kier molecular flexibility index (Phi) is 5.21. The van der Waals surface area contributed by atoms with E-state index in [4.69, 9.17) is 4.74 Å². The molecule has 3 aliphatic heterocycles. The van der Waals surface area contributed by atoms with Gasteiger partial charge in [0, 0.05) is 23.7 Å². The lowest BCUT2D eigenvalue weighted by Crippen LogP contribution is -2.55. The summed E-state index contributed by atoms with van der Waals surface area (Å²) in [4.78, 5) is 20.9. The van der Waals surface area contributed by atoms with Gasteiger partial charge in [-0.15, -0.1) is 0 Å². The monoisotopic (exact) mass is 440 g/mol. The van der Waals surface area contributed by atoms with Crippen molar-refractivity contribution in [1.29, 1.82) is 0 Å². The fourth-order valence-corrected chi connectivity index (χ4v) is 6.39. The van der Waals surface area contributed by atoms with E-state index in [1.807, 2.05) is 36.5 Å². The van der Waals surface area contributed by atoms with Crippen LogP contribution in [0.5, 0.6) is 0 Å². The fraction of sp³-hybridized carbons (Fsp3) is 0.448. The molecule has 2 bridgehead atoms. The number of hydrogen-bond donors (Lipinski definition) is 0. The second-order valence-electron chi connectivity index (χ2n) is 10.2. The molecule has 1 unspecified atom stereocenters. The molecule has 0 N–H and O–H groups in total. The number of esters is 1. The van der Waals surface area contributed by atoms with Gasteiger partial charge in [0.1, 0.15) is 6.10 Å². The zero-order valence-corrected chi connectivity index (χ0v) is 19.3. The minimum Gasteiger partial charge on any atom is -0.455 e. The second-order valence-corrected chi connectivity index (χ2v) is 10.2. The molecule has 170 valence electrons. The van der Waals surface area contributed by atoms with E-state index in [1.165, 1.54) is 12.8 Å². The Morgan fingerprint density at radius 2 is 1.91 bits per heavy atom. The molecule has 4 nitrogen and oxygen atoms in total. The van der Waals surface area contributed by atoms with Crippen LogP contribution in [0, 0.1) is 11.8 Å². The van der Waals surface area contributed by atoms with Gasteiger partial charge in [-0.05, 0) is 61.8 Å². The van der Waals surface area contributed by atoms with Crippen molar-refractivity contribution in [3.05, 3.63) is 78.0 Å². The van der Waals surface area contributed by atoms with Gasteiger partial charge >= 0.3 is 5.97 Å². The van der Waals surface area contributed by atoms with Crippen molar-refractivity contribution in [3.63, 3.8) is 0 Å². The molecular weight excluding hydrogens is 408 g/mol. The first kappa shape index (κ1) is 20.9. The number of aromatic nitrogens is 1. The summed E-state index contributed by atoms with van der Waals surface area (Å²) in [6.07, 6.45) is 6.93. The summed E-state index contributed by atoms with van der Waals surface area (Å²) in [5, 5.41) is 1.09. The highest BCUT2D eigenvalue weighted by atomic mass is 16.5. The van der Waals surface area contributed by atoms with Crippen LogP contribution in [-0.2, 0) is 14.9 Å². The van der Waals surface area contributed by atoms with E-state index in [9.17, 15) is 4.79 Å². The Balaban J connectivity index is 1.38. The molecular formula is C29H32N2O2. The number of carbonyl (C=O) groups is 1. The molecule has 0 radical (unpaired) electrons. The number of nitrogens with zero attached hydrogens (tertiary/aromatic N) is 2. The van der Waals surface area contributed by atoms with E-state index in [2.05, 4.69) is 47.1 Å². The zero-order chi connectivity index (χ0) is 22.4. The quantitative estimate of drug-likeness (QED) is 0.463. The fourth-order valence-electron chi connectivity index (χ4n) is 6.39. The van der Waals surface area contributed by atoms with Gasteiger partial charge in [-0.2, -0.15) is 0 Å². The predicted molar refractivity (Wildman–Crippen MR) is 130 cm³/mol. The number of fused-ring (bicyclic) bond motifs is 4. The molecule has 4 heterocycles. The Hall–Kier alpha value is -2.72. The molecule has 1 saturated carbocycles. The van der Waals surface area contributed by atoms with Gasteiger partial charge in [0.15, 0.2) is 0 Å². The highest BCUT2D eigenvalue weighted by Crippen LogP contribution is 2.51. The molecule has 0 amide bonds. The third-order valence-electron chi connectivity index (χ3n) is 8.50. The summed E-state index contributed by atoms with van der Waals surface area (Å²) in [7, 11) is 0. The first-order chi connectivity index (χ1) is 16.2. The summed E-state index contributed by atoms with van der Waals surface area (Å²) in [5.74, 6) is 1.43. The molecule has 1 aliphatic carbocycles. The van der Waals surface area contributed by atoms with Crippen molar-refractivity contribution in [2.75, 3.05) is 13.1 Å². The molecule has 2 aromatic carbocycles. The number of piperidine rings is 3. The zero-order valence-electron chi connectivity index (χ0n) is 19.3. The summed E-state index contributed by atoms with van der Waals surface area (Å²) >= 11 is 0. The minimum absolute atomic E-state index is 0.0609. The Bertz CT molecular complexity index is 1150. The van der Waals surface area contributed by atoms with Crippen LogP contribution < -0.4 is 0 Å². The maximum absolute atomic E-state index is 13.8. The number of hydrogen-bond acceptors (Lipinski definition) is 4. The average molecular weight is 441 g/mol. The van der Waals surface area contributed by atoms with Gasteiger partial charge in [0.25, 0.3) is 0 Å². The predicted octanol–water partition coefficient (Wildman–Crippen LogP) is 5.67. The van der Waals surface area contributed by atoms with Gasteiger partial charge < -0.3 is 4.74 Å². The third-order valence-corrected chi connectivity index (χ3v) is 8.50. The van der Waals surface area contributed by atoms with E-state index in [-0.39, 0.29) is 18.1 Å². The second kappa shape index (κ2) is 8.25. The number of para-hydroxylation sites is 1. The van der Waals surface area contributed by atoms with E-state index in [0.29, 0.717) is 0 Å². The van der Waals surface area contributed by atoms with E-state index in [0.717, 1.165) is 66.2 Å². The number of ether oxygens (including phenoxy) is 1. The van der Waals surface area contributed by atoms with Crippen LogP contribution in [0.1, 0.15) is 56.3 Å². The van der Waals surface area contributed by atoms with E-state index < -0.39 is 5.41 Å². The van der Waals surface area contributed by atoms with Crippen molar-refractivity contribution in [2.45, 2.75) is 56.6 Å². The van der Waals surface area contributed by atoms with E-state index in [1.54, 1.807) is 0 Å². The van der Waals surface area contributed by atoms with Gasteiger partial charge in [0.2, 0.25) is 0 Å². The number of carbonyl (C=O) groups excluding carboxylic acids is 1. The lowest BCUT2D eigenvalue weighted by molar-refractivity contribution is -0.161. The molecule has 33 heavy (non-hydrogen) atoms. The largest absolute Gasteiger partial charge is 0.455 e. The Labute approximate surface area is 196 Å². The average Bonchev–Trinajstić information content (AvgIpc) is 3.70. The summed E-state index contributed by atoms with van der Waals surface area (Å²) in [6.45, 7) is 4.53. The van der Waals surface area contributed by atoms with Crippen LogP contribution >= 0.6 is 0 Å². The van der Waals surface area contributed by atoms with E-state index >= 15 is 0 Å². The summed E-state index contributed by atoms with van der Waals surface area (Å²) in [6, 6.07) is 20.7. The lowest BCUT2D eigenvalue weighted by atomic mass is 9.72. The van der Waals surface area contributed by atoms with Crippen LogP contribution in [0.15, 0.2) is 66.9 Å². The lowest BCUT2D eigenvalue weighted by Gasteiger charge is -2.52. The van der Waals surface area contributed by atoms with Crippen LogP contribution in [0.25, 0.3) is 10.9 Å². The maximum Gasteiger partial charge on any atom is 0.317 e. The SMILES string of the molecule is CC[C@H]1CN2CC[C@H]1C[C@@H]2[C@@H](OC(=O)C1(c2ccccc2)CC1)c1ccnc2ccccc12. The standard InChI is InChI=1S/C29H32N2O2/c1-2-20-19-31-17-13-21(20)18-26(31)27(24-12-16-30-25-11-7-6-10-23(24)25)33-28(32)29(14-15-29)22-8-4-3-5-9-22/h3-12,16,20-21,26-27H,2,13-15,17-19H2,1H3/t20-,21-,26+,27-/m0/s1. The van der Waals surface area contributed by atoms with Crippen LogP contribution in [0.4, 0.5) is 0 Å². The summed E-state index contributed by atoms with van der Waals surface area (Å²) in [5.41, 5.74) is 2.67. The molecule has 0 spiro atoms. The molecule has 3 saturated heterocycles. The smallest absolute Gasteiger partial charge is 0.317 e. The molecule has 7 rings (SSSR count). The molecule has 4 fully saturated rings. The van der Waals surface area contributed by atoms with Crippen LogP contribution in [-0.4, -0.2) is 35.0 Å². The third kappa shape index (κ3) is 3.56. The van der Waals surface area contributed by atoms with Gasteiger partial charge in [-0.25, -0.2) is 0 Å². The highest BCUT2D eigenvalue weighted by molar-refractivity contribution is 5.88. The van der Waals surface area contributed by atoms with Crippen molar-refractivity contribution in [1.82, 2.24) is 9.88 Å². The van der Waals surface area contributed by atoms with Gasteiger partial charge in [0.05, 0.1) is 17.0 Å². The van der Waals surface area contributed by atoms with Crippen molar-refractivity contribution in [2.24, 2.45) is 11.8 Å². The topological polar surface area (TPSA) is 42.4 Å². The van der Waals surface area contributed by atoms with Gasteiger partial charge in [-0.1, -0.05) is 61.9 Å². The van der Waals surface area contributed by atoms with Crippen LogP contribution in [0.3, 0.4) is 0 Å². The minimum atomic E-state index is -0.475. The number of pyridine rings is 1. The number of rotatable bonds is 6. The first-order valence-corrected chi connectivity index (χ1v) is 12.5. The molecule has 5 atom stereocenters. The van der Waals surface area contributed by atoms with Gasteiger partial charge in [-0.3, -0.25) is 14.7 Å². The molecule has 3 aromatic rings. The normalized spacial score (nSPS) is 28.4.